The van der Waals surface area contributed by atoms with Crippen molar-refractivity contribution < 1.29 is 9.90 Å². The summed E-state index contributed by atoms with van der Waals surface area (Å²) in [5.41, 5.74) is 0.284. The van der Waals surface area contributed by atoms with Crippen molar-refractivity contribution in [2.75, 3.05) is 0 Å². The normalized spacial score (nSPS) is 24.4. The zero-order chi connectivity index (χ0) is 11.1. The summed E-state index contributed by atoms with van der Waals surface area (Å²) in [4.78, 5) is 11.8. The van der Waals surface area contributed by atoms with Crippen LogP contribution in [0.25, 0.3) is 6.08 Å². The van der Waals surface area contributed by atoms with Gasteiger partial charge in [0.05, 0.1) is 0 Å². The van der Waals surface area contributed by atoms with Gasteiger partial charge in [0, 0.05) is 0 Å². The Morgan fingerprint density at radius 3 is 2.53 bits per heavy atom. The van der Waals surface area contributed by atoms with E-state index < -0.39 is 5.60 Å². The molecule has 78 valence electrons. The molecule has 1 aliphatic carbocycles. The number of fused-ring (bicyclic) bond motifs is 1. The molecular formula is C13H14O2. The molecule has 0 radical (unpaired) electrons. The first-order valence-corrected chi connectivity index (χ1v) is 5.11. The molecule has 2 rings (SSSR count). The Morgan fingerprint density at radius 2 is 1.87 bits per heavy atom. The summed E-state index contributed by atoms with van der Waals surface area (Å²) in [6.07, 6.45) is 3.22. The third-order valence-electron chi connectivity index (χ3n) is 3.00. The van der Waals surface area contributed by atoms with Gasteiger partial charge in [0.2, 0.25) is 0 Å². The van der Waals surface area contributed by atoms with Crippen LogP contribution in [-0.4, -0.2) is 10.9 Å². The summed E-state index contributed by atoms with van der Waals surface area (Å²) in [5, 5.41) is 10.5. The van der Waals surface area contributed by atoms with Gasteiger partial charge in [-0.25, -0.2) is 0 Å². The second-order valence-electron chi connectivity index (χ2n) is 4.21. The quantitative estimate of drug-likeness (QED) is 0.757. The number of hydrogen-bond donors (Lipinski definition) is 1. The molecule has 0 amide bonds. The van der Waals surface area contributed by atoms with Gasteiger partial charge < -0.3 is 5.11 Å². The summed E-state index contributed by atoms with van der Waals surface area (Å²) in [7, 11) is 0. The first-order valence-electron chi connectivity index (χ1n) is 5.11. The molecule has 0 bridgehead atoms. The van der Waals surface area contributed by atoms with Gasteiger partial charge in [-0.2, -0.15) is 0 Å². The van der Waals surface area contributed by atoms with Crippen LogP contribution in [0, 0.1) is 5.92 Å². The van der Waals surface area contributed by atoms with Crippen LogP contribution in [0.4, 0.5) is 0 Å². The van der Waals surface area contributed by atoms with Crippen LogP contribution >= 0.6 is 0 Å². The van der Waals surface area contributed by atoms with Crippen molar-refractivity contribution in [3.8, 4) is 0 Å². The van der Waals surface area contributed by atoms with Gasteiger partial charge in [0.25, 0.3) is 0 Å². The fraction of sp³-hybridized carbons (Fsp3) is 0.308. The number of carbonyl (C=O) groups is 1. The lowest BCUT2D eigenvalue weighted by atomic mass is 9.75. The maximum absolute atomic E-state index is 11.8. The minimum Gasteiger partial charge on any atom is -0.377 e. The SMILES string of the molecule is CC(C)C1(O)C(=O)C=Cc2ccccc21. The van der Waals surface area contributed by atoms with Crippen molar-refractivity contribution in [3.63, 3.8) is 0 Å². The Morgan fingerprint density at radius 1 is 1.20 bits per heavy atom. The number of aliphatic hydroxyl groups is 1. The van der Waals surface area contributed by atoms with Gasteiger partial charge in [-0.15, -0.1) is 0 Å². The monoisotopic (exact) mass is 202 g/mol. The first kappa shape index (κ1) is 10.1. The van der Waals surface area contributed by atoms with Crippen molar-refractivity contribution >= 4 is 11.9 Å². The van der Waals surface area contributed by atoms with E-state index in [1.54, 1.807) is 6.08 Å². The fourth-order valence-corrected chi connectivity index (χ4v) is 2.01. The first-order chi connectivity index (χ1) is 7.06. The minimum atomic E-state index is -1.36. The molecule has 0 aromatic heterocycles. The van der Waals surface area contributed by atoms with Crippen LogP contribution in [0.1, 0.15) is 25.0 Å². The van der Waals surface area contributed by atoms with Crippen molar-refractivity contribution in [2.45, 2.75) is 19.4 Å². The van der Waals surface area contributed by atoms with Crippen LogP contribution in [0.5, 0.6) is 0 Å². The van der Waals surface area contributed by atoms with Crippen LogP contribution in [0.15, 0.2) is 30.3 Å². The predicted octanol–water partition coefficient (Wildman–Crippen LogP) is 2.13. The molecule has 0 heterocycles. The van der Waals surface area contributed by atoms with Crippen molar-refractivity contribution in [3.05, 3.63) is 41.5 Å². The number of carbonyl (C=O) groups excluding carboxylic acids is 1. The van der Waals surface area contributed by atoms with E-state index in [1.165, 1.54) is 6.08 Å². The zero-order valence-electron chi connectivity index (χ0n) is 8.90. The topological polar surface area (TPSA) is 37.3 Å². The second-order valence-corrected chi connectivity index (χ2v) is 4.21. The fourth-order valence-electron chi connectivity index (χ4n) is 2.01. The highest BCUT2D eigenvalue weighted by atomic mass is 16.3. The van der Waals surface area contributed by atoms with E-state index in [-0.39, 0.29) is 11.7 Å². The highest BCUT2D eigenvalue weighted by Crippen LogP contribution is 2.36. The zero-order valence-corrected chi connectivity index (χ0v) is 8.90. The Labute approximate surface area is 89.2 Å². The molecule has 2 heteroatoms. The van der Waals surface area contributed by atoms with Crippen LogP contribution in [-0.2, 0) is 10.4 Å². The van der Waals surface area contributed by atoms with Gasteiger partial charge in [0.1, 0.15) is 0 Å². The lowest BCUT2D eigenvalue weighted by molar-refractivity contribution is -0.138. The molecule has 1 aliphatic rings. The Hall–Kier alpha value is -1.41. The molecular weight excluding hydrogens is 188 g/mol. The summed E-state index contributed by atoms with van der Waals surface area (Å²) in [5.74, 6) is -0.354. The van der Waals surface area contributed by atoms with Gasteiger partial charge >= 0.3 is 0 Å². The molecule has 1 aromatic rings. The van der Waals surface area contributed by atoms with Crippen molar-refractivity contribution in [2.24, 2.45) is 5.92 Å². The molecule has 0 saturated heterocycles. The van der Waals surface area contributed by atoms with Crippen LogP contribution in [0.2, 0.25) is 0 Å². The molecule has 0 spiro atoms. The van der Waals surface area contributed by atoms with E-state index >= 15 is 0 Å². The van der Waals surface area contributed by atoms with Crippen LogP contribution in [0.3, 0.4) is 0 Å². The number of hydrogen-bond acceptors (Lipinski definition) is 2. The van der Waals surface area contributed by atoms with E-state index in [0.29, 0.717) is 5.56 Å². The Kier molecular flexibility index (Phi) is 2.24. The van der Waals surface area contributed by atoms with Gasteiger partial charge in [0.15, 0.2) is 11.4 Å². The third kappa shape index (κ3) is 1.33. The summed E-state index contributed by atoms with van der Waals surface area (Å²) in [6, 6.07) is 7.47. The minimum absolute atomic E-state index is 0.129. The summed E-state index contributed by atoms with van der Waals surface area (Å²) < 4.78 is 0. The third-order valence-corrected chi connectivity index (χ3v) is 3.00. The lowest BCUT2D eigenvalue weighted by Gasteiger charge is -2.33. The molecule has 0 aliphatic heterocycles. The molecule has 1 atom stereocenters. The van der Waals surface area contributed by atoms with Gasteiger partial charge in [-0.3, -0.25) is 4.79 Å². The van der Waals surface area contributed by atoms with Gasteiger partial charge in [-0.1, -0.05) is 44.2 Å². The van der Waals surface area contributed by atoms with Crippen molar-refractivity contribution in [1.29, 1.82) is 0 Å². The Bertz CT molecular complexity index is 432. The average Bonchev–Trinajstić information content (AvgIpc) is 2.23. The number of benzene rings is 1. The molecule has 2 nitrogen and oxygen atoms in total. The summed E-state index contributed by atoms with van der Waals surface area (Å²) in [6.45, 7) is 3.71. The van der Waals surface area contributed by atoms with E-state index in [2.05, 4.69) is 0 Å². The van der Waals surface area contributed by atoms with Crippen molar-refractivity contribution in [1.82, 2.24) is 0 Å². The molecule has 0 fully saturated rings. The van der Waals surface area contributed by atoms with E-state index in [0.717, 1.165) is 5.56 Å². The highest BCUT2D eigenvalue weighted by molar-refractivity contribution is 6.03. The molecule has 15 heavy (non-hydrogen) atoms. The predicted molar refractivity (Wildman–Crippen MR) is 59.2 cm³/mol. The smallest absolute Gasteiger partial charge is 0.192 e. The number of ketones is 1. The molecule has 1 N–H and O–H groups in total. The van der Waals surface area contributed by atoms with E-state index in [4.69, 9.17) is 0 Å². The number of rotatable bonds is 1. The largest absolute Gasteiger partial charge is 0.377 e. The standard InChI is InChI=1S/C13H14O2/c1-9(2)13(15)11-6-4-3-5-10(11)7-8-12(13)14/h3-9,15H,1-2H3. The van der Waals surface area contributed by atoms with E-state index in [9.17, 15) is 9.90 Å². The maximum Gasteiger partial charge on any atom is 0.192 e. The molecule has 1 unspecified atom stereocenters. The maximum atomic E-state index is 11.8. The highest BCUT2D eigenvalue weighted by Gasteiger charge is 2.42. The lowest BCUT2D eigenvalue weighted by Crippen LogP contribution is -2.41. The average molecular weight is 202 g/mol. The second kappa shape index (κ2) is 3.31. The molecule has 1 aromatic carbocycles. The molecule has 0 saturated carbocycles. The summed E-state index contributed by atoms with van der Waals surface area (Å²) >= 11 is 0. The Balaban J connectivity index is 2.66. The van der Waals surface area contributed by atoms with Crippen LogP contribution < -0.4 is 0 Å². The van der Waals surface area contributed by atoms with E-state index in [1.807, 2.05) is 38.1 Å². The van der Waals surface area contributed by atoms with Gasteiger partial charge in [-0.05, 0) is 23.1 Å².